The van der Waals surface area contributed by atoms with Crippen molar-refractivity contribution in [3.8, 4) is 0 Å². The Morgan fingerprint density at radius 1 is 1.67 bits per heavy atom. The van der Waals surface area contributed by atoms with E-state index in [0.29, 0.717) is 5.03 Å². The summed E-state index contributed by atoms with van der Waals surface area (Å²) < 4.78 is 0. The van der Waals surface area contributed by atoms with Gasteiger partial charge in [-0.2, -0.15) is 5.53 Å². The van der Waals surface area contributed by atoms with Gasteiger partial charge in [0.25, 0.3) is 0 Å². The molecule has 1 heterocycles. The van der Waals surface area contributed by atoms with Gasteiger partial charge in [-0.05, 0) is 21.6 Å². The summed E-state index contributed by atoms with van der Waals surface area (Å²) in [6.45, 7) is 0. The van der Waals surface area contributed by atoms with Gasteiger partial charge in [0.2, 0.25) is 0 Å². The van der Waals surface area contributed by atoms with Crippen LogP contribution in [-0.4, -0.2) is 0 Å². The molecule has 0 amide bonds. The number of hydrazine groups is 3. The van der Waals surface area contributed by atoms with Gasteiger partial charge in [0.05, 0.1) is 0 Å². The van der Waals surface area contributed by atoms with Crippen LogP contribution < -0.4 is 33.4 Å². The normalized spacial score (nSPS) is 16.4. The van der Waals surface area contributed by atoms with Crippen molar-refractivity contribution in [2.75, 3.05) is 0 Å². The fourth-order valence-corrected chi connectivity index (χ4v) is 2.07. The van der Waals surface area contributed by atoms with E-state index in [-0.39, 0.29) is 0 Å². The predicted molar refractivity (Wildman–Crippen MR) is 52.3 cm³/mol. The number of rotatable bonds is 4. The van der Waals surface area contributed by atoms with Gasteiger partial charge >= 0.3 is 0 Å². The summed E-state index contributed by atoms with van der Waals surface area (Å²) in [5.41, 5.74) is 16.1. The molecular weight excluding hydrogens is 196 g/mol. The van der Waals surface area contributed by atoms with Crippen LogP contribution in [0, 0.1) is 0 Å². The van der Waals surface area contributed by atoms with Crippen molar-refractivity contribution in [2.24, 2.45) is 11.6 Å². The molecule has 0 aromatic heterocycles. The molecular formula is C4H10N6S2. The number of hydrogen-bond donors (Lipinski definition) is 6. The SMILES string of the molecule is N/C=C(\NN)SSC1=CNNN1. The molecule has 8 heteroatoms. The molecule has 0 aliphatic carbocycles. The summed E-state index contributed by atoms with van der Waals surface area (Å²) in [5, 5.41) is 1.66. The first-order valence-corrected chi connectivity index (χ1v) is 5.21. The molecule has 0 unspecified atom stereocenters. The molecule has 1 rings (SSSR count). The van der Waals surface area contributed by atoms with Crippen LogP contribution in [0.25, 0.3) is 0 Å². The Morgan fingerprint density at radius 3 is 3.00 bits per heavy atom. The summed E-state index contributed by atoms with van der Waals surface area (Å²) in [4.78, 5) is 0. The van der Waals surface area contributed by atoms with Crippen molar-refractivity contribution in [1.82, 2.24) is 21.8 Å². The average Bonchev–Trinajstić information content (AvgIpc) is 2.59. The highest BCUT2D eigenvalue weighted by Gasteiger charge is 2.04. The number of hydrogen-bond acceptors (Lipinski definition) is 8. The first-order chi connectivity index (χ1) is 5.86. The second-order valence-electron chi connectivity index (χ2n) is 1.74. The molecule has 0 saturated carbocycles. The van der Waals surface area contributed by atoms with Crippen LogP contribution in [0.1, 0.15) is 0 Å². The van der Waals surface area contributed by atoms with E-state index in [2.05, 4.69) is 21.8 Å². The van der Waals surface area contributed by atoms with Crippen LogP contribution in [0.4, 0.5) is 0 Å². The van der Waals surface area contributed by atoms with Gasteiger partial charge in [-0.25, -0.2) is 5.84 Å². The molecule has 68 valence electrons. The summed E-state index contributed by atoms with van der Waals surface area (Å²) >= 11 is 0. The van der Waals surface area contributed by atoms with E-state index < -0.39 is 0 Å². The van der Waals surface area contributed by atoms with Gasteiger partial charge in [-0.1, -0.05) is 0 Å². The van der Waals surface area contributed by atoms with Gasteiger partial charge in [0, 0.05) is 12.4 Å². The highest BCUT2D eigenvalue weighted by Crippen LogP contribution is 2.32. The first kappa shape index (κ1) is 9.39. The predicted octanol–water partition coefficient (Wildman–Crippen LogP) is -1.00. The maximum atomic E-state index is 5.26. The Kier molecular flexibility index (Phi) is 3.94. The zero-order chi connectivity index (χ0) is 8.81. The van der Waals surface area contributed by atoms with Crippen molar-refractivity contribution in [2.45, 2.75) is 0 Å². The first-order valence-electron chi connectivity index (χ1n) is 3.06. The lowest BCUT2D eigenvalue weighted by molar-refractivity contribution is 0.611. The minimum atomic E-state index is 0.703. The fourth-order valence-electron chi connectivity index (χ4n) is 0.470. The van der Waals surface area contributed by atoms with Crippen molar-refractivity contribution in [1.29, 1.82) is 0 Å². The minimum Gasteiger partial charge on any atom is -0.402 e. The van der Waals surface area contributed by atoms with E-state index in [1.54, 1.807) is 6.20 Å². The molecule has 0 atom stereocenters. The molecule has 12 heavy (non-hydrogen) atoms. The van der Waals surface area contributed by atoms with Crippen molar-refractivity contribution in [3.05, 3.63) is 22.5 Å². The van der Waals surface area contributed by atoms with E-state index in [4.69, 9.17) is 11.6 Å². The molecule has 0 spiro atoms. The fraction of sp³-hybridized carbons (Fsp3) is 0. The highest BCUT2D eigenvalue weighted by molar-refractivity contribution is 8.79. The standard InChI is InChI=1S/C4H10N6S2/c5-1-3(8-6)11-12-4-2-7-10-9-4/h1-2,7-10H,5-6H2/b3-1+. The summed E-state index contributed by atoms with van der Waals surface area (Å²) in [7, 11) is 2.92. The molecule has 0 fully saturated rings. The van der Waals surface area contributed by atoms with Crippen LogP contribution in [0.2, 0.25) is 0 Å². The van der Waals surface area contributed by atoms with Gasteiger partial charge < -0.3 is 16.6 Å². The molecule has 0 radical (unpaired) electrons. The largest absolute Gasteiger partial charge is 0.402 e. The lowest BCUT2D eigenvalue weighted by Gasteiger charge is -2.04. The Balaban J connectivity index is 2.24. The van der Waals surface area contributed by atoms with Crippen molar-refractivity contribution >= 4 is 21.6 Å². The zero-order valence-corrected chi connectivity index (χ0v) is 7.76. The van der Waals surface area contributed by atoms with Crippen molar-refractivity contribution < 1.29 is 0 Å². The van der Waals surface area contributed by atoms with Crippen LogP contribution in [0.15, 0.2) is 22.5 Å². The summed E-state index contributed by atoms with van der Waals surface area (Å²) in [5.74, 6) is 5.16. The Bertz CT molecular complexity index is 200. The van der Waals surface area contributed by atoms with Gasteiger partial charge in [-0.15, -0.1) is 0 Å². The van der Waals surface area contributed by atoms with E-state index >= 15 is 0 Å². The molecule has 0 bridgehead atoms. The topological polar surface area (TPSA) is 100 Å². The van der Waals surface area contributed by atoms with Crippen LogP contribution in [0.5, 0.6) is 0 Å². The highest BCUT2D eigenvalue weighted by atomic mass is 33.1. The van der Waals surface area contributed by atoms with Crippen LogP contribution >= 0.6 is 21.6 Å². The van der Waals surface area contributed by atoms with Crippen LogP contribution in [-0.2, 0) is 0 Å². The second kappa shape index (κ2) is 5.04. The smallest absolute Gasteiger partial charge is 0.112 e. The Labute approximate surface area is 77.9 Å². The molecule has 0 aromatic carbocycles. The minimum absolute atomic E-state index is 0.703. The summed E-state index contributed by atoms with van der Waals surface area (Å²) in [6, 6.07) is 0. The second-order valence-corrected chi connectivity index (χ2v) is 3.96. The van der Waals surface area contributed by atoms with E-state index in [1.165, 1.54) is 27.8 Å². The third-order valence-corrected chi connectivity index (χ3v) is 3.22. The molecule has 1 aliphatic heterocycles. The molecule has 6 nitrogen and oxygen atoms in total. The van der Waals surface area contributed by atoms with E-state index in [0.717, 1.165) is 5.03 Å². The third kappa shape index (κ3) is 2.74. The Morgan fingerprint density at radius 2 is 2.50 bits per heavy atom. The van der Waals surface area contributed by atoms with Crippen molar-refractivity contribution in [3.63, 3.8) is 0 Å². The molecule has 0 aromatic rings. The van der Waals surface area contributed by atoms with Crippen LogP contribution in [0.3, 0.4) is 0 Å². The molecule has 0 saturated heterocycles. The monoisotopic (exact) mass is 206 g/mol. The quantitative estimate of drug-likeness (QED) is 0.198. The third-order valence-electron chi connectivity index (χ3n) is 0.976. The average molecular weight is 206 g/mol. The Hall–Kier alpha value is -0.700. The maximum Gasteiger partial charge on any atom is 0.112 e. The lowest BCUT2D eigenvalue weighted by Crippen LogP contribution is -2.31. The van der Waals surface area contributed by atoms with Gasteiger partial charge in [-0.3, -0.25) is 5.43 Å². The zero-order valence-electron chi connectivity index (χ0n) is 6.13. The number of nitrogens with two attached hydrogens (primary N) is 2. The number of nitrogens with one attached hydrogen (secondary N) is 4. The molecule has 1 aliphatic rings. The van der Waals surface area contributed by atoms with Gasteiger partial charge in [0.15, 0.2) is 0 Å². The summed E-state index contributed by atoms with van der Waals surface area (Å²) in [6.07, 6.45) is 3.20. The maximum absolute atomic E-state index is 5.26. The van der Waals surface area contributed by atoms with E-state index in [9.17, 15) is 0 Å². The molecule has 8 N–H and O–H groups in total. The van der Waals surface area contributed by atoms with Gasteiger partial charge in [0.1, 0.15) is 10.1 Å². The lowest BCUT2D eigenvalue weighted by atomic mass is 10.9. The van der Waals surface area contributed by atoms with E-state index in [1.807, 2.05) is 0 Å².